The number of aromatic nitrogens is 1. The maximum atomic E-state index is 12.3. The van der Waals surface area contributed by atoms with Gasteiger partial charge < -0.3 is 14.0 Å². The average molecular weight is 363 g/mol. The zero-order valence-corrected chi connectivity index (χ0v) is 14.2. The van der Waals surface area contributed by atoms with Crippen LogP contribution in [0.4, 0.5) is 18.0 Å². The van der Waals surface area contributed by atoms with Crippen molar-refractivity contribution in [3.05, 3.63) is 23.0 Å². The number of thiazole rings is 1. The Kier molecular flexibility index (Phi) is 4.79. The summed E-state index contributed by atoms with van der Waals surface area (Å²) in [5.41, 5.74) is 2.24. The van der Waals surface area contributed by atoms with E-state index in [-0.39, 0.29) is 5.75 Å². The fourth-order valence-electron chi connectivity index (χ4n) is 1.81. The molecule has 2 aromatic rings. The van der Waals surface area contributed by atoms with E-state index in [1.54, 1.807) is 32.4 Å². The number of nitrogens with zero attached hydrogens (tertiary/aromatic N) is 2. The Morgan fingerprint density at radius 2 is 1.96 bits per heavy atom. The van der Waals surface area contributed by atoms with Crippen molar-refractivity contribution in [3.8, 4) is 5.75 Å². The van der Waals surface area contributed by atoms with Crippen molar-refractivity contribution in [3.63, 3.8) is 0 Å². The summed E-state index contributed by atoms with van der Waals surface area (Å²) in [4.78, 5) is 12.0. The Morgan fingerprint density at radius 1 is 1.29 bits per heavy atom. The van der Waals surface area contributed by atoms with Crippen molar-refractivity contribution < 1.29 is 27.4 Å². The number of hydrogen-bond donors (Lipinski definition) is 1. The van der Waals surface area contributed by atoms with E-state index in [0.29, 0.717) is 15.0 Å². The van der Waals surface area contributed by atoms with Gasteiger partial charge in [0, 0.05) is 7.05 Å². The summed E-state index contributed by atoms with van der Waals surface area (Å²) in [7, 11) is 1.68. The first-order valence-electron chi connectivity index (χ1n) is 6.83. The van der Waals surface area contributed by atoms with Crippen LogP contribution in [0.2, 0.25) is 0 Å². The van der Waals surface area contributed by atoms with E-state index in [4.69, 9.17) is 4.74 Å². The lowest BCUT2D eigenvalue weighted by molar-refractivity contribution is -0.274. The second-order valence-corrected chi connectivity index (χ2v) is 6.86. The van der Waals surface area contributed by atoms with E-state index in [2.05, 4.69) is 15.3 Å². The maximum absolute atomic E-state index is 12.3. The second kappa shape index (κ2) is 6.34. The summed E-state index contributed by atoms with van der Waals surface area (Å²) < 4.78 is 47.9. The molecule has 1 aromatic heterocycles. The molecule has 132 valence electrons. The molecule has 0 unspecified atom stereocenters. The van der Waals surface area contributed by atoms with Gasteiger partial charge >= 0.3 is 12.5 Å². The van der Waals surface area contributed by atoms with Crippen molar-refractivity contribution >= 4 is 27.6 Å². The van der Waals surface area contributed by atoms with Crippen molar-refractivity contribution in [2.45, 2.75) is 32.7 Å². The standard InChI is InChI=1S/C14H16F3N3O3S/c1-13(2,3)23-12(21)19-18-11-20(4)9-6-5-8(7-10(9)24-11)22-14(15,16)17/h5-7H,1-4H3,(H,19,21)/b18-11-. The van der Waals surface area contributed by atoms with Gasteiger partial charge in [0.2, 0.25) is 4.80 Å². The number of fused-ring (bicyclic) bond motifs is 1. The van der Waals surface area contributed by atoms with Gasteiger partial charge in [-0.05, 0) is 39.0 Å². The van der Waals surface area contributed by atoms with E-state index >= 15 is 0 Å². The lowest BCUT2D eigenvalue weighted by Gasteiger charge is -2.18. The molecular formula is C14H16F3N3O3S. The molecule has 24 heavy (non-hydrogen) atoms. The topological polar surface area (TPSA) is 64.9 Å². The second-order valence-electron chi connectivity index (χ2n) is 5.85. The van der Waals surface area contributed by atoms with Gasteiger partial charge in [-0.2, -0.15) is 0 Å². The average Bonchev–Trinajstić information content (AvgIpc) is 2.69. The highest BCUT2D eigenvalue weighted by Crippen LogP contribution is 2.27. The van der Waals surface area contributed by atoms with Gasteiger partial charge in [0.1, 0.15) is 11.4 Å². The highest BCUT2D eigenvalue weighted by molar-refractivity contribution is 7.16. The number of halogens is 3. The number of rotatable bonds is 2. The summed E-state index contributed by atoms with van der Waals surface area (Å²) in [6.07, 6.45) is -5.47. The van der Waals surface area contributed by atoms with Gasteiger partial charge in [-0.3, -0.25) is 0 Å². The number of aryl methyl sites for hydroxylation is 1. The number of amides is 1. The molecule has 1 aromatic carbocycles. The molecule has 0 aliphatic rings. The molecule has 0 atom stereocenters. The summed E-state index contributed by atoms with van der Waals surface area (Å²) in [6, 6.07) is 3.97. The molecule has 1 N–H and O–H groups in total. The number of ether oxygens (including phenoxy) is 2. The van der Waals surface area contributed by atoms with Crippen LogP contribution in [-0.4, -0.2) is 22.6 Å². The van der Waals surface area contributed by atoms with Gasteiger partial charge in [0.05, 0.1) is 10.2 Å². The monoisotopic (exact) mass is 363 g/mol. The molecule has 0 bridgehead atoms. The summed E-state index contributed by atoms with van der Waals surface area (Å²) >= 11 is 1.10. The van der Waals surface area contributed by atoms with Crippen molar-refractivity contribution in [2.24, 2.45) is 12.1 Å². The van der Waals surface area contributed by atoms with Crippen LogP contribution in [0.5, 0.6) is 5.75 Å². The third-order valence-electron chi connectivity index (χ3n) is 2.66. The molecule has 0 aliphatic heterocycles. The summed E-state index contributed by atoms with van der Waals surface area (Å²) in [6.45, 7) is 5.15. The van der Waals surface area contributed by atoms with Gasteiger partial charge in [-0.15, -0.1) is 18.3 Å². The van der Waals surface area contributed by atoms with Crippen LogP contribution in [-0.2, 0) is 11.8 Å². The number of benzene rings is 1. The van der Waals surface area contributed by atoms with E-state index in [1.165, 1.54) is 18.2 Å². The van der Waals surface area contributed by atoms with E-state index in [9.17, 15) is 18.0 Å². The van der Waals surface area contributed by atoms with Crippen LogP contribution in [0.15, 0.2) is 23.3 Å². The van der Waals surface area contributed by atoms with Gasteiger partial charge in [0.25, 0.3) is 0 Å². The fourth-order valence-corrected chi connectivity index (χ4v) is 2.82. The number of alkyl halides is 3. The Balaban J connectivity index is 2.27. The number of hydrogen-bond acceptors (Lipinski definition) is 5. The zero-order chi connectivity index (χ0) is 18.1. The molecule has 2 rings (SSSR count). The summed E-state index contributed by atoms with van der Waals surface area (Å²) in [5, 5.41) is 3.93. The van der Waals surface area contributed by atoms with Crippen LogP contribution < -0.4 is 15.0 Å². The highest BCUT2D eigenvalue weighted by atomic mass is 32.1. The Bertz CT molecular complexity index is 818. The van der Waals surface area contributed by atoms with E-state index in [1.807, 2.05) is 0 Å². The molecule has 1 amide bonds. The van der Waals surface area contributed by atoms with Crippen LogP contribution in [0.1, 0.15) is 20.8 Å². The molecule has 0 saturated carbocycles. The van der Waals surface area contributed by atoms with Gasteiger partial charge in [-0.1, -0.05) is 11.3 Å². The molecule has 0 aliphatic carbocycles. The molecule has 10 heteroatoms. The largest absolute Gasteiger partial charge is 0.573 e. The van der Waals surface area contributed by atoms with E-state index in [0.717, 1.165) is 11.3 Å². The minimum absolute atomic E-state index is 0.316. The fraction of sp³-hybridized carbons (Fsp3) is 0.429. The summed E-state index contributed by atoms with van der Waals surface area (Å²) in [5.74, 6) is -0.316. The molecular weight excluding hydrogens is 347 g/mol. The van der Waals surface area contributed by atoms with Crippen LogP contribution in [0, 0.1) is 0 Å². The predicted octanol–water partition coefficient (Wildman–Crippen LogP) is 3.48. The first kappa shape index (κ1) is 18.1. The number of carbonyl (C=O) groups is 1. The van der Waals surface area contributed by atoms with Crippen LogP contribution in [0.3, 0.4) is 0 Å². The lowest BCUT2D eigenvalue weighted by atomic mass is 10.2. The number of nitrogens with one attached hydrogen (secondary N) is 1. The third-order valence-corrected chi connectivity index (χ3v) is 3.75. The quantitative estimate of drug-likeness (QED) is 0.831. The van der Waals surface area contributed by atoms with Crippen molar-refractivity contribution in [1.82, 2.24) is 9.99 Å². The third kappa shape index (κ3) is 4.88. The molecule has 0 saturated heterocycles. The van der Waals surface area contributed by atoms with Crippen molar-refractivity contribution in [2.75, 3.05) is 0 Å². The zero-order valence-electron chi connectivity index (χ0n) is 13.4. The SMILES string of the molecule is Cn1/c(=N/NC(=O)OC(C)(C)C)sc2cc(OC(F)(F)F)ccc21. The Hall–Kier alpha value is -2.23. The normalized spacial score (nSPS) is 13.2. The molecule has 0 spiro atoms. The molecule has 1 heterocycles. The lowest BCUT2D eigenvalue weighted by Crippen LogP contribution is -2.31. The molecule has 0 fully saturated rings. The van der Waals surface area contributed by atoms with E-state index < -0.39 is 18.1 Å². The predicted molar refractivity (Wildman–Crippen MR) is 82.4 cm³/mol. The number of carbonyl (C=O) groups excluding carboxylic acids is 1. The first-order valence-corrected chi connectivity index (χ1v) is 7.64. The first-order chi connectivity index (χ1) is 10.9. The smallest absolute Gasteiger partial charge is 0.443 e. The minimum Gasteiger partial charge on any atom is -0.443 e. The van der Waals surface area contributed by atoms with Gasteiger partial charge in [-0.25, -0.2) is 10.2 Å². The van der Waals surface area contributed by atoms with Crippen LogP contribution >= 0.6 is 11.3 Å². The van der Waals surface area contributed by atoms with Crippen LogP contribution in [0.25, 0.3) is 10.2 Å². The highest BCUT2D eigenvalue weighted by Gasteiger charge is 2.31. The minimum atomic E-state index is -4.75. The van der Waals surface area contributed by atoms with Crippen molar-refractivity contribution in [1.29, 1.82) is 0 Å². The molecule has 6 nitrogen and oxygen atoms in total. The van der Waals surface area contributed by atoms with Gasteiger partial charge in [0.15, 0.2) is 0 Å². The molecule has 0 radical (unpaired) electrons. The Morgan fingerprint density at radius 3 is 2.54 bits per heavy atom. The Labute approximate surface area is 139 Å². The maximum Gasteiger partial charge on any atom is 0.573 e.